The van der Waals surface area contributed by atoms with Gasteiger partial charge in [0, 0.05) is 6.07 Å². The predicted octanol–water partition coefficient (Wildman–Crippen LogP) is 0.388. The maximum Gasteiger partial charge on any atom is 0.268 e. The summed E-state index contributed by atoms with van der Waals surface area (Å²) >= 11 is 0. The third kappa shape index (κ3) is 2.36. The topological polar surface area (TPSA) is 99.1 Å². The standard InChI is InChI=1S/C6H6F3N3O2S/c7-3-1-2(15(11,13)14)4(5(8)9)6(10)12-3/h1,5H,(H2,10,12)(H2,11,13,14). The molecule has 4 N–H and O–H groups in total. The van der Waals surface area contributed by atoms with E-state index in [1.54, 1.807) is 0 Å². The molecule has 15 heavy (non-hydrogen) atoms. The molecule has 0 atom stereocenters. The molecule has 5 nitrogen and oxygen atoms in total. The molecule has 0 aliphatic heterocycles. The first-order chi connectivity index (χ1) is 6.73. The van der Waals surface area contributed by atoms with Crippen LogP contribution in [-0.2, 0) is 10.0 Å². The van der Waals surface area contributed by atoms with Crippen LogP contribution in [-0.4, -0.2) is 13.4 Å². The van der Waals surface area contributed by atoms with Crippen LogP contribution < -0.4 is 10.9 Å². The summed E-state index contributed by atoms with van der Waals surface area (Å²) in [7, 11) is -4.46. The van der Waals surface area contributed by atoms with Gasteiger partial charge in [-0.2, -0.15) is 4.39 Å². The molecule has 0 saturated carbocycles. The first kappa shape index (κ1) is 11.7. The zero-order valence-corrected chi connectivity index (χ0v) is 7.93. The van der Waals surface area contributed by atoms with Crippen LogP contribution >= 0.6 is 0 Å². The quantitative estimate of drug-likeness (QED) is 0.731. The number of hydrogen-bond donors (Lipinski definition) is 2. The van der Waals surface area contributed by atoms with E-state index in [2.05, 4.69) is 10.1 Å². The number of aromatic nitrogens is 1. The molecule has 1 heterocycles. The average molecular weight is 241 g/mol. The second-order valence-electron chi connectivity index (χ2n) is 2.59. The molecule has 0 aliphatic rings. The maximum absolute atomic E-state index is 12.6. The molecule has 0 fully saturated rings. The lowest BCUT2D eigenvalue weighted by molar-refractivity contribution is 0.148. The van der Waals surface area contributed by atoms with Gasteiger partial charge >= 0.3 is 0 Å². The molecule has 0 radical (unpaired) electrons. The molecule has 1 aromatic heterocycles. The molecule has 0 aromatic carbocycles. The third-order valence-corrected chi connectivity index (χ3v) is 2.49. The number of primary sulfonamides is 1. The second-order valence-corrected chi connectivity index (χ2v) is 4.12. The van der Waals surface area contributed by atoms with Gasteiger partial charge in [0.2, 0.25) is 16.0 Å². The van der Waals surface area contributed by atoms with E-state index in [-0.39, 0.29) is 0 Å². The molecule has 0 amide bonds. The number of anilines is 1. The molecule has 0 bridgehead atoms. The number of nitrogen functional groups attached to an aromatic ring is 1. The van der Waals surface area contributed by atoms with Crippen LogP contribution in [0.5, 0.6) is 0 Å². The zero-order valence-electron chi connectivity index (χ0n) is 7.12. The normalized spacial score (nSPS) is 12.1. The van der Waals surface area contributed by atoms with E-state index in [4.69, 9.17) is 5.73 Å². The maximum atomic E-state index is 12.6. The lowest BCUT2D eigenvalue weighted by Crippen LogP contribution is -2.17. The minimum Gasteiger partial charge on any atom is -0.383 e. The fourth-order valence-corrected chi connectivity index (χ4v) is 1.74. The third-order valence-electron chi connectivity index (χ3n) is 1.54. The van der Waals surface area contributed by atoms with E-state index in [0.29, 0.717) is 6.07 Å². The highest BCUT2D eigenvalue weighted by atomic mass is 32.2. The Morgan fingerprint density at radius 1 is 1.40 bits per heavy atom. The number of alkyl halides is 2. The summed E-state index contributed by atoms with van der Waals surface area (Å²) in [6.07, 6.45) is -3.20. The van der Waals surface area contributed by atoms with Crippen molar-refractivity contribution in [1.29, 1.82) is 0 Å². The highest BCUT2D eigenvalue weighted by Gasteiger charge is 2.25. The van der Waals surface area contributed by atoms with Crippen LogP contribution in [0.15, 0.2) is 11.0 Å². The van der Waals surface area contributed by atoms with Crippen molar-refractivity contribution in [3.05, 3.63) is 17.6 Å². The van der Waals surface area contributed by atoms with E-state index in [0.717, 1.165) is 0 Å². The number of nitrogens with zero attached hydrogens (tertiary/aromatic N) is 1. The summed E-state index contributed by atoms with van der Waals surface area (Å²) in [6.45, 7) is 0. The largest absolute Gasteiger partial charge is 0.383 e. The van der Waals surface area contributed by atoms with Crippen LogP contribution in [0.4, 0.5) is 19.0 Å². The van der Waals surface area contributed by atoms with Crippen molar-refractivity contribution >= 4 is 15.8 Å². The van der Waals surface area contributed by atoms with Gasteiger partial charge in [-0.15, -0.1) is 0 Å². The number of pyridine rings is 1. The number of rotatable bonds is 2. The monoisotopic (exact) mass is 241 g/mol. The fourth-order valence-electron chi connectivity index (χ4n) is 0.974. The molecular weight excluding hydrogens is 235 g/mol. The summed E-state index contributed by atoms with van der Waals surface area (Å²) in [4.78, 5) is 1.83. The smallest absolute Gasteiger partial charge is 0.268 e. The van der Waals surface area contributed by atoms with Crippen LogP contribution in [0.1, 0.15) is 12.0 Å². The average Bonchev–Trinajstić information content (AvgIpc) is 1.99. The van der Waals surface area contributed by atoms with Gasteiger partial charge in [0.05, 0.1) is 10.5 Å². The van der Waals surface area contributed by atoms with Crippen LogP contribution in [0.3, 0.4) is 0 Å². The Morgan fingerprint density at radius 3 is 2.33 bits per heavy atom. The molecule has 0 unspecified atom stereocenters. The number of nitrogens with two attached hydrogens (primary N) is 2. The Labute approximate surface area is 83.0 Å². The van der Waals surface area contributed by atoms with Crippen molar-refractivity contribution in [2.24, 2.45) is 5.14 Å². The van der Waals surface area contributed by atoms with Gasteiger partial charge in [0.15, 0.2) is 0 Å². The van der Waals surface area contributed by atoms with Gasteiger partial charge in [0.25, 0.3) is 6.43 Å². The minimum absolute atomic E-state index is 0.299. The van der Waals surface area contributed by atoms with Crippen molar-refractivity contribution in [3.63, 3.8) is 0 Å². The molecule has 1 aromatic rings. The Morgan fingerprint density at radius 2 is 1.93 bits per heavy atom. The van der Waals surface area contributed by atoms with E-state index >= 15 is 0 Å². The van der Waals surface area contributed by atoms with E-state index in [9.17, 15) is 21.6 Å². The lowest BCUT2D eigenvalue weighted by Gasteiger charge is -2.08. The zero-order chi connectivity index (χ0) is 11.8. The second kappa shape index (κ2) is 3.66. The Bertz CT molecular complexity index is 489. The van der Waals surface area contributed by atoms with Gasteiger partial charge in [-0.05, 0) is 0 Å². The number of sulfonamides is 1. The predicted molar refractivity (Wildman–Crippen MR) is 44.9 cm³/mol. The lowest BCUT2D eigenvalue weighted by atomic mass is 10.2. The van der Waals surface area contributed by atoms with Crippen LogP contribution in [0, 0.1) is 5.95 Å². The van der Waals surface area contributed by atoms with E-state index in [1.165, 1.54) is 0 Å². The van der Waals surface area contributed by atoms with E-state index < -0.39 is 38.7 Å². The molecule has 0 spiro atoms. The SMILES string of the molecule is Nc1nc(F)cc(S(N)(=O)=O)c1C(F)F. The summed E-state index contributed by atoms with van der Waals surface area (Å²) < 4.78 is 59.1. The van der Waals surface area contributed by atoms with Gasteiger partial charge in [-0.3, -0.25) is 0 Å². The minimum atomic E-state index is -4.46. The van der Waals surface area contributed by atoms with Gasteiger partial charge in [-0.1, -0.05) is 0 Å². The van der Waals surface area contributed by atoms with Crippen molar-refractivity contribution in [1.82, 2.24) is 4.98 Å². The molecular formula is C6H6F3N3O2S. The molecule has 0 saturated heterocycles. The molecule has 9 heteroatoms. The van der Waals surface area contributed by atoms with Crippen molar-refractivity contribution in [2.45, 2.75) is 11.3 Å². The molecule has 0 aliphatic carbocycles. The highest BCUT2D eigenvalue weighted by Crippen LogP contribution is 2.30. The summed E-state index contributed by atoms with van der Waals surface area (Å²) in [5, 5.41) is 4.62. The summed E-state index contributed by atoms with van der Waals surface area (Å²) in [5.41, 5.74) is 3.88. The van der Waals surface area contributed by atoms with E-state index in [1.807, 2.05) is 0 Å². The molecule has 84 valence electrons. The Hall–Kier alpha value is -1.35. The molecule has 1 rings (SSSR count). The van der Waals surface area contributed by atoms with Gasteiger partial charge < -0.3 is 5.73 Å². The Balaban J connectivity index is 3.62. The van der Waals surface area contributed by atoms with Crippen LogP contribution in [0.2, 0.25) is 0 Å². The first-order valence-electron chi connectivity index (χ1n) is 3.50. The van der Waals surface area contributed by atoms with Crippen molar-refractivity contribution in [3.8, 4) is 0 Å². The number of halogens is 3. The van der Waals surface area contributed by atoms with Crippen LogP contribution in [0.25, 0.3) is 0 Å². The highest BCUT2D eigenvalue weighted by molar-refractivity contribution is 7.89. The van der Waals surface area contributed by atoms with Crippen molar-refractivity contribution in [2.75, 3.05) is 5.73 Å². The van der Waals surface area contributed by atoms with Gasteiger partial charge in [0.1, 0.15) is 5.82 Å². The Kier molecular flexibility index (Phi) is 2.86. The number of hydrogen-bond acceptors (Lipinski definition) is 4. The fraction of sp³-hybridized carbons (Fsp3) is 0.167. The first-order valence-corrected chi connectivity index (χ1v) is 5.05. The van der Waals surface area contributed by atoms with Crippen molar-refractivity contribution < 1.29 is 21.6 Å². The summed E-state index contributed by atoms with van der Waals surface area (Å²) in [6, 6.07) is 0.299. The van der Waals surface area contributed by atoms with Gasteiger partial charge in [-0.25, -0.2) is 27.3 Å². The summed E-state index contributed by atoms with van der Waals surface area (Å²) in [5.74, 6) is -2.19.